The number of rotatable bonds is 8. The van der Waals surface area contributed by atoms with E-state index in [-0.39, 0.29) is 11.3 Å². The molecule has 1 atom stereocenters. The molecule has 1 fully saturated rings. The lowest BCUT2D eigenvalue weighted by atomic mass is 9.95. The molecule has 0 aliphatic carbocycles. The Morgan fingerprint density at radius 2 is 1.90 bits per heavy atom. The molecular weight excluding hydrogens is 450 g/mol. The number of aliphatic hydroxyl groups is 1. The number of methoxy groups -OCH3 is 1. The summed E-state index contributed by atoms with van der Waals surface area (Å²) in [5, 5.41) is 11.0. The standard InChI is InChI=1S/C23H24BrNO5/c1-3-30-13-5-12-25-20(16-6-4-7-17(24)14-16)19(22(27)23(25)28)21(26)15-8-10-18(29-2)11-9-15/h4,6-11,14,20,26H,3,5,12-13H2,1-2H3/b21-19+. The third-order valence-corrected chi connectivity index (χ3v) is 5.45. The minimum Gasteiger partial charge on any atom is -0.507 e. The number of aliphatic hydroxyl groups excluding tert-OH is 1. The molecule has 1 N–H and O–H groups in total. The van der Waals surface area contributed by atoms with Gasteiger partial charge in [-0.25, -0.2) is 0 Å². The van der Waals surface area contributed by atoms with Gasteiger partial charge in [0.25, 0.3) is 11.7 Å². The van der Waals surface area contributed by atoms with E-state index < -0.39 is 17.7 Å². The summed E-state index contributed by atoms with van der Waals surface area (Å²) in [5.74, 6) is -0.879. The number of ketones is 1. The van der Waals surface area contributed by atoms with Gasteiger partial charge in [0.15, 0.2) is 0 Å². The van der Waals surface area contributed by atoms with Crippen LogP contribution in [0.4, 0.5) is 0 Å². The highest BCUT2D eigenvalue weighted by molar-refractivity contribution is 9.10. The molecule has 6 nitrogen and oxygen atoms in total. The maximum atomic E-state index is 12.9. The van der Waals surface area contributed by atoms with Crippen molar-refractivity contribution in [1.82, 2.24) is 4.90 Å². The van der Waals surface area contributed by atoms with Gasteiger partial charge in [-0.2, -0.15) is 0 Å². The van der Waals surface area contributed by atoms with E-state index in [0.717, 1.165) is 10.0 Å². The second-order valence-corrected chi connectivity index (χ2v) is 7.74. The number of carbonyl (C=O) groups excluding carboxylic acids is 2. The number of amides is 1. The van der Waals surface area contributed by atoms with E-state index in [2.05, 4.69) is 15.9 Å². The Bertz CT molecular complexity index is 954. The van der Waals surface area contributed by atoms with Gasteiger partial charge in [0.2, 0.25) is 0 Å². The molecule has 0 saturated carbocycles. The van der Waals surface area contributed by atoms with Crippen molar-refractivity contribution >= 4 is 33.4 Å². The van der Waals surface area contributed by atoms with Gasteiger partial charge in [0.05, 0.1) is 18.7 Å². The number of hydrogen-bond acceptors (Lipinski definition) is 5. The van der Waals surface area contributed by atoms with E-state index in [9.17, 15) is 14.7 Å². The molecule has 30 heavy (non-hydrogen) atoms. The Morgan fingerprint density at radius 3 is 2.53 bits per heavy atom. The first-order valence-electron chi connectivity index (χ1n) is 9.74. The van der Waals surface area contributed by atoms with Crippen molar-refractivity contribution in [3.63, 3.8) is 0 Å². The number of likely N-dealkylation sites (tertiary alicyclic amines) is 1. The number of halogens is 1. The number of benzene rings is 2. The zero-order chi connectivity index (χ0) is 21.7. The molecule has 2 aromatic rings. The van der Waals surface area contributed by atoms with Crippen LogP contribution in [0.3, 0.4) is 0 Å². The second kappa shape index (κ2) is 9.91. The van der Waals surface area contributed by atoms with Gasteiger partial charge in [-0.1, -0.05) is 28.1 Å². The van der Waals surface area contributed by atoms with Crippen LogP contribution >= 0.6 is 15.9 Å². The zero-order valence-corrected chi connectivity index (χ0v) is 18.5. The molecule has 158 valence electrons. The quantitative estimate of drug-likeness (QED) is 0.267. The first kappa shape index (κ1) is 22.1. The van der Waals surface area contributed by atoms with Gasteiger partial charge in [0, 0.05) is 29.8 Å². The molecule has 1 saturated heterocycles. The van der Waals surface area contributed by atoms with Crippen molar-refractivity contribution in [2.24, 2.45) is 0 Å². The third-order valence-electron chi connectivity index (χ3n) is 4.96. The van der Waals surface area contributed by atoms with Gasteiger partial charge >= 0.3 is 0 Å². The summed E-state index contributed by atoms with van der Waals surface area (Å²) in [5.41, 5.74) is 1.28. The van der Waals surface area contributed by atoms with E-state index in [4.69, 9.17) is 9.47 Å². The molecule has 0 aromatic heterocycles. The summed E-state index contributed by atoms with van der Waals surface area (Å²) in [6, 6.07) is 13.4. The predicted molar refractivity (Wildman–Crippen MR) is 117 cm³/mol. The van der Waals surface area contributed by atoms with Crippen molar-refractivity contribution in [3.05, 3.63) is 69.7 Å². The lowest BCUT2D eigenvalue weighted by molar-refractivity contribution is -0.140. The zero-order valence-electron chi connectivity index (χ0n) is 16.9. The SMILES string of the molecule is CCOCCCN1C(=O)C(=O)/C(=C(/O)c2ccc(OC)cc2)C1c1cccc(Br)c1. The van der Waals surface area contributed by atoms with Crippen LogP contribution in [0.5, 0.6) is 5.75 Å². The van der Waals surface area contributed by atoms with Gasteiger partial charge in [-0.3, -0.25) is 9.59 Å². The second-order valence-electron chi connectivity index (χ2n) is 6.83. The van der Waals surface area contributed by atoms with Crippen LogP contribution < -0.4 is 4.74 Å². The maximum Gasteiger partial charge on any atom is 0.295 e. The molecule has 2 aromatic carbocycles. The van der Waals surface area contributed by atoms with Gasteiger partial charge in [-0.05, 0) is 55.3 Å². The Hall–Kier alpha value is -2.64. The van der Waals surface area contributed by atoms with Crippen LogP contribution in [0.2, 0.25) is 0 Å². The van der Waals surface area contributed by atoms with Crippen LogP contribution in [0, 0.1) is 0 Å². The van der Waals surface area contributed by atoms with Crippen molar-refractivity contribution in [1.29, 1.82) is 0 Å². The molecule has 1 unspecified atom stereocenters. The summed E-state index contributed by atoms with van der Waals surface area (Å²) in [6.07, 6.45) is 0.591. The normalized spacial score (nSPS) is 18.1. The van der Waals surface area contributed by atoms with E-state index in [0.29, 0.717) is 37.5 Å². The fourth-order valence-corrected chi connectivity index (χ4v) is 3.94. The summed E-state index contributed by atoms with van der Waals surface area (Å²) in [4.78, 5) is 27.3. The van der Waals surface area contributed by atoms with Crippen LogP contribution in [-0.4, -0.2) is 48.6 Å². The van der Waals surface area contributed by atoms with E-state index >= 15 is 0 Å². The van der Waals surface area contributed by atoms with Crippen LogP contribution in [-0.2, 0) is 14.3 Å². The molecule has 3 rings (SSSR count). The Balaban J connectivity index is 2.06. The van der Waals surface area contributed by atoms with Crippen LogP contribution in [0.1, 0.15) is 30.5 Å². The van der Waals surface area contributed by atoms with Gasteiger partial charge < -0.3 is 19.5 Å². The Labute approximate surface area is 184 Å². The Kier molecular flexibility index (Phi) is 7.29. The highest BCUT2D eigenvalue weighted by Crippen LogP contribution is 2.40. The Morgan fingerprint density at radius 1 is 1.17 bits per heavy atom. The van der Waals surface area contributed by atoms with Crippen molar-refractivity contribution in [2.75, 3.05) is 26.9 Å². The topological polar surface area (TPSA) is 76.1 Å². The molecule has 0 bridgehead atoms. The highest BCUT2D eigenvalue weighted by atomic mass is 79.9. The van der Waals surface area contributed by atoms with Crippen molar-refractivity contribution in [2.45, 2.75) is 19.4 Å². The van der Waals surface area contributed by atoms with E-state index in [1.165, 1.54) is 4.90 Å². The van der Waals surface area contributed by atoms with Gasteiger partial charge in [-0.15, -0.1) is 0 Å². The molecule has 1 heterocycles. The molecule has 0 spiro atoms. The summed E-state index contributed by atoms with van der Waals surface area (Å²) >= 11 is 3.45. The first-order valence-corrected chi connectivity index (χ1v) is 10.5. The average molecular weight is 474 g/mol. The minimum atomic E-state index is -0.690. The first-order chi connectivity index (χ1) is 14.5. The maximum absolute atomic E-state index is 12.9. The molecule has 1 aliphatic rings. The fraction of sp³-hybridized carbons (Fsp3) is 0.304. The summed E-state index contributed by atoms with van der Waals surface area (Å²) in [7, 11) is 1.55. The van der Waals surface area contributed by atoms with E-state index in [1.807, 2.05) is 31.2 Å². The van der Waals surface area contributed by atoms with Gasteiger partial charge in [0.1, 0.15) is 11.5 Å². The molecular formula is C23H24BrNO5. The monoisotopic (exact) mass is 473 g/mol. The fourth-order valence-electron chi connectivity index (χ4n) is 3.52. The molecule has 7 heteroatoms. The van der Waals surface area contributed by atoms with E-state index in [1.54, 1.807) is 31.4 Å². The summed E-state index contributed by atoms with van der Waals surface area (Å²) < 4.78 is 11.4. The van der Waals surface area contributed by atoms with Crippen molar-refractivity contribution < 1.29 is 24.2 Å². The number of ether oxygens (including phenoxy) is 2. The van der Waals surface area contributed by atoms with Crippen molar-refractivity contribution in [3.8, 4) is 5.75 Å². The smallest absolute Gasteiger partial charge is 0.295 e. The number of Topliss-reactive ketones (excluding diaryl/α,β-unsaturated/α-hetero) is 1. The third kappa shape index (κ3) is 4.57. The number of nitrogens with zero attached hydrogens (tertiary/aromatic N) is 1. The highest BCUT2D eigenvalue weighted by Gasteiger charge is 2.45. The average Bonchev–Trinajstić information content (AvgIpc) is 3.01. The van der Waals surface area contributed by atoms with Crippen LogP contribution in [0.25, 0.3) is 5.76 Å². The molecule has 1 amide bonds. The minimum absolute atomic E-state index is 0.0830. The number of hydrogen-bond donors (Lipinski definition) is 1. The largest absolute Gasteiger partial charge is 0.507 e. The lowest BCUT2D eigenvalue weighted by Crippen LogP contribution is -2.31. The van der Waals surface area contributed by atoms with Crippen LogP contribution in [0.15, 0.2) is 58.6 Å². The molecule has 0 radical (unpaired) electrons. The predicted octanol–water partition coefficient (Wildman–Crippen LogP) is 4.31. The summed E-state index contributed by atoms with van der Waals surface area (Å²) in [6.45, 7) is 3.33. The lowest BCUT2D eigenvalue weighted by Gasteiger charge is -2.25. The molecule has 1 aliphatic heterocycles. The number of carbonyl (C=O) groups is 2.